The Morgan fingerprint density at radius 2 is 1.48 bits per heavy atom. The molecule has 6 N–H and O–H groups in total. The van der Waals surface area contributed by atoms with Crippen LogP contribution in [0.1, 0.15) is 111 Å². The highest BCUT2D eigenvalue weighted by Gasteiger charge is 2.71. The predicted octanol–water partition coefficient (Wildman–Crippen LogP) is 2.52. The second-order valence-electron chi connectivity index (χ2n) is 16.9. The Bertz CT molecular complexity index is 2410. The molecule has 2 saturated heterocycles. The molecule has 10 atom stereocenters. The number of allylic oxidation sites excluding steroid dienone is 2. The molecule has 3 aliphatic carbocycles. The second-order valence-corrected chi connectivity index (χ2v) is 16.9. The van der Waals surface area contributed by atoms with Gasteiger partial charge in [-0.25, -0.2) is 4.79 Å². The van der Waals surface area contributed by atoms with Crippen LogP contribution in [-0.4, -0.2) is 133 Å². The summed E-state index contributed by atoms with van der Waals surface area (Å²) in [4.78, 5) is 81.0. The Labute approximate surface area is 354 Å². The summed E-state index contributed by atoms with van der Waals surface area (Å²) in [6, 6.07) is 3.32. The highest BCUT2D eigenvalue weighted by molar-refractivity contribution is 6.29. The molecular weight excluding hydrogens is 816 g/mol. The van der Waals surface area contributed by atoms with Crippen LogP contribution in [-0.2, 0) is 44.4 Å². The molecule has 0 saturated carbocycles. The fraction of sp³-hybridized carbons (Fsp3) is 0.500. The molecule has 0 bridgehead atoms. The number of ketones is 5. The van der Waals surface area contributed by atoms with E-state index in [1.807, 2.05) is 0 Å². The lowest BCUT2D eigenvalue weighted by Crippen LogP contribution is -2.74. The van der Waals surface area contributed by atoms with Crippen molar-refractivity contribution in [1.82, 2.24) is 0 Å². The largest absolute Gasteiger partial charge is 0.508 e. The van der Waals surface area contributed by atoms with Crippen LogP contribution in [0.5, 0.6) is 11.5 Å². The summed E-state index contributed by atoms with van der Waals surface area (Å²) in [5, 5.41) is 69.4. The van der Waals surface area contributed by atoms with Crippen molar-refractivity contribution in [3.05, 3.63) is 79.8 Å². The number of ether oxygens (including phenoxy) is 6. The standard InChI is InChI=1S/C44H48O18/c1-16-9-10-17(2)33(47)28(16)41(53)62-39-21(6)59-27(15-42(39,7)54)60-24-11-12-26(58-20(24)5)61-40-36(50)30(19(4)45)37(51)44(56)38(52)31-22(14-43(40,44)55)18(3)29-32(35(31)49)23(46)13-25(57-8)34(29)48/h9-10,13,20-21,24,26-27,39-40,47,49,51,54-56H,11-12,14-15H2,1-8H3. The van der Waals surface area contributed by atoms with E-state index in [-0.39, 0.29) is 53.0 Å². The topological polar surface area (TPSA) is 279 Å². The van der Waals surface area contributed by atoms with Gasteiger partial charge in [0, 0.05) is 30.9 Å². The average Bonchev–Trinajstić information content (AvgIpc) is 3.18. The van der Waals surface area contributed by atoms with Gasteiger partial charge >= 0.3 is 5.97 Å². The third-order valence-electron chi connectivity index (χ3n) is 12.7. The van der Waals surface area contributed by atoms with Gasteiger partial charge in [-0.1, -0.05) is 12.1 Å². The van der Waals surface area contributed by atoms with Crippen molar-refractivity contribution < 1.29 is 87.8 Å². The first-order valence-electron chi connectivity index (χ1n) is 20.0. The van der Waals surface area contributed by atoms with E-state index in [0.717, 1.165) is 20.1 Å². The first kappa shape index (κ1) is 44.7. The van der Waals surface area contributed by atoms with Gasteiger partial charge in [-0.15, -0.1) is 0 Å². The van der Waals surface area contributed by atoms with Crippen LogP contribution in [0.15, 0.2) is 35.3 Å². The van der Waals surface area contributed by atoms with Gasteiger partial charge in [0.15, 0.2) is 42.1 Å². The number of aliphatic hydroxyl groups is 4. The number of hydrogen-bond donors (Lipinski definition) is 6. The Kier molecular flexibility index (Phi) is 11.2. The molecule has 10 unspecified atom stereocenters. The fourth-order valence-electron chi connectivity index (χ4n) is 9.37. The minimum atomic E-state index is -3.49. The lowest BCUT2D eigenvalue weighted by atomic mass is 9.58. The Morgan fingerprint density at radius 3 is 2.10 bits per heavy atom. The SMILES string of the molecule is COC1=CC(=O)c2c(O)c3c(c(C)c2C1=O)CC1(O)C(OC2CCC(OC4CC(C)(O)C(OC(=O)c5c(C)ccc(C)c5O)C(C)O4)C(C)O2)C(=O)C(C(C)=O)=C(O)C1(O)C3=O. The first-order valence-corrected chi connectivity index (χ1v) is 20.0. The van der Waals surface area contributed by atoms with E-state index < -0.39 is 129 Å². The van der Waals surface area contributed by atoms with E-state index in [1.54, 1.807) is 39.8 Å². The number of aliphatic hydroxyl groups excluding tert-OH is 1. The normalized spacial score (nSPS) is 33.3. The zero-order valence-electron chi connectivity index (χ0n) is 35.2. The Balaban J connectivity index is 1.11. The van der Waals surface area contributed by atoms with Crippen LogP contribution in [0.4, 0.5) is 0 Å². The summed E-state index contributed by atoms with van der Waals surface area (Å²) in [5.41, 5.74) is -10.4. The number of phenols is 2. The van der Waals surface area contributed by atoms with E-state index in [0.29, 0.717) is 11.1 Å². The Morgan fingerprint density at radius 1 is 0.839 bits per heavy atom. The summed E-state index contributed by atoms with van der Waals surface area (Å²) in [5.74, 6) is -9.67. The number of aromatic hydroxyl groups is 2. The van der Waals surface area contributed by atoms with E-state index in [2.05, 4.69) is 0 Å². The molecule has 0 radical (unpaired) electrons. The fourth-order valence-corrected chi connectivity index (χ4v) is 9.37. The number of aryl methyl sites for hydroxylation is 2. The number of rotatable bonds is 8. The van der Waals surface area contributed by atoms with Gasteiger partial charge in [0.2, 0.25) is 23.0 Å². The number of phenolic OH excluding ortho intramolecular Hbond substituents is 2. The van der Waals surface area contributed by atoms with Crippen molar-refractivity contribution in [2.45, 2.75) is 134 Å². The molecule has 7 rings (SSSR count). The molecule has 2 aromatic carbocycles. The number of carbonyl (C=O) groups is 6. The number of carbonyl (C=O) groups excluding carboxylic acids is 6. The zero-order valence-corrected chi connectivity index (χ0v) is 35.2. The molecular formula is C44H48O18. The lowest BCUT2D eigenvalue weighted by Gasteiger charge is -2.52. The number of hydrogen-bond acceptors (Lipinski definition) is 18. The van der Waals surface area contributed by atoms with Gasteiger partial charge in [0.25, 0.3) is 0 Å². The lowest BCUT2D eigenvalue weighted by molar-refractivity contribution is -0.315. The number of methoxy groups -OCH3 is 1. The quantitative estimate of drug-likeness (QED) is 0.164. The van der Waals surface area contributed by atoms with Crippen LogP contribution in [0.2, 0.25) is 0 Å². The Hall–Kier alpha value is -5.34. The van der Waals surface area contributed by atoms with Crippen LogP contribution >= 0.6 is 0 Å². The number of benzene rings is 2. The van der Waals surface area contributed by atoms with E-state index in [1.165, 1.54) is 13.8 Å². The first-order chi connectivity index (χ1) is 28.9. The maximum Gasteiger partial charge on any atom is 0.342 e. The molecule has 332 valence electrons. The number of fused-ring (bicyclic) bond motifs is 3. The average molecular weight is 865 g/mol. The third-order valence-corrected chi connectivity index (χ3v) is 12.7. The maximum absolute atomic E-state index is 14.4. The molecule has 2 aromatic rings. The van der Waals surface area contributed by atoms with Crippen LogP contribution in [0, 0.1) is 20.8 Å². The van der Waals surface area contributed by atoms with Crippen LogP contribution in [0.25, 0.3) is 0 Å². The van der Waals surface area contributed by atoms with Crippen molar-refractivity contribution in [1.29, 1.82) is 0 Å². The van der Waals surface area contributed by atoms with Gasteiger partial charge in [0.1, 0.15) is 39.6 Å². The molecule has 62 heavy (non-hydrogen) atoms. The highest BCUT2D eigenvalue weighted by Crippen LogP contribution is 2.52. The molecule has 0 amide bonds. The third kappa shape index (κ3) is 6.67. The van der Waals surface area contributed by atoms with Crippen LogP contribution < -0.4 is 0 Å². The van der Waals surface area contributed by atoms with Gasteiger partial charge in [-0.2, -0.15) is 0 Å². The molecule has 2 aliphatic heterocycles. The van der Waals surface area contributed by atoms with E-state index in [9.17, 15) is 59.4 Å². The van der Waals surface area contributed by atoms with Crippen molar-refractivity contribution in [3.63, 3.8) is 0 Å². The summed E-state index contributed by atoms with van der Waals surface area (Å²) >= 11 is 0. The summed E-state index contributed by atoms with van der Waals surface area (Å²) in [6.45, 7) is 10.1. The van der Waals surface area contributed by atoms with Gasteiger partial charge in [-0.3, -0.25) is 24.0 Å². The second kappa shape index (κ2) is 15.5. The smallest absolute Gasteiger partial charge is 0.342 e. The summed E-state index contributed by atoms with van der Waals surface area (Å²) < 4.78 is 35.1. The van der Waals surface area contributed by atoms with E-state index in [4.69, 9.17) is 28.4 Å². The van der Waals surface area contributed by atoms with Crippen molar-refractivity contribution >= 4 is 34.9 Å². The summed E-state index contributed by atoms with van der Waals surface area (Å²) in [7, 11) is 1.15. The highest BCUT2D eigenvalue weighted by atomic mass is 16.7. The predicted molar refractivity (Wildman–Crippen MR) is 210 cm³/mol. The summed E-state index contributed by atoms with van der Waals surface area (Å²) in [6.07, 6.45) is -8.40. The van der Waals surface area contributed by atoms with Gasteiger partial charge in [-0.05, 0) is 77.1 Å². The van der Waals surface area contributed by atoms with Gasteiger partial charge in [0.05, 0.1) is 36.5 Å². The van der Waals surface area contributed by atoms with Crippen molar-refractivity contribution in [2.75, 3.05) is 7.11 Å². The van der Waals surface area contributed by atoms with Crippen molar-refractivity contribution in [3.8, 4) is 11.5 Å². The minimum absolute atomic E-state index is 0.0332. The van der Waals surface area contributed by atoms with Crippen LogP contribution in [0.3, 0.4) is 0 Å². The molecule has 2 heterocycles. The molecule has 18 heteroatoms. The van der Waals surface area contributed by atoms with Gasteiger partial charge < -0.3 is 59.1 Å². The van der Waals surface area contributed by atoms with Crippen molar-refractivity contribution in [2.24, 2.45) is 0 Å². The zero-order chi connectivity index (χ0) is 45.7. The number of Topliss-reactive ketones (excluding diaryl/α,β-unsaturated/α-hetero) is 4. The number of esters is 1. The van der Waals surface area contributed by atoms with E-state index >= 15 is 0 Å². The molecule has 0 spiro atoms. The minimum Gasteiger partial charge on any atom is -0.508 e. The molecule has 5 aliphatic rings. The molecule has 18 nitrogen and oxygen atoms in total. The molecule has 2 fully saturated rings. The molecule has 0 aromatic heterocycles. The maximum atomic E-state index is 14.4. The monoisotopic (exact) mass is 864 g/mol.